The van der Waals surface area contributed by atoms with Crippen molar-refractivity contribution in [1.82, 2.24) is 0 Å². The monoisotopic (exact) mass is 291 g/mol. The minimum absolute atomic E-state index is 0.0398. The van der Waals surface area contributed by atoms with Crippen LogP contribution in [0.5, 0.6) is 5.75 Å². The molecule has 0 atom stereocenters. The van der Waals surface area contributed by atoms with Gasteiger partial charge in [0.05, 0.1) is 10.6 Å². The maximum atomic E-state index is 12.5. The van der Waals surface area contributed by atoms with Crippen LogP contribution in [0.25, 0.3) is 0 Å². The molecule has 5 heteroatoms. The third-order valence-electron chi connectivity index (χ3n) is 3.07. The fourth-order valence-electron chi connectivity index (χ4n) is 2.05. The Balaban J connectivity index is 2.45. The lowest BCUT2D eigenvalue weighted by Gasteiger charge is -2.20. The van der Waals surface area contributed by atoms with Gasteiger partial charge in [0.15, 0.2) is 0 Å². The van der Waals surface area contributed by atoms with E-state index in [1.54, 1.807) is 0 Å². The number of nitrogens with zero attached hydrogens (tertiary/aromatic N) is 1. The van der Waals surface area contributed by atoms with Crippen molar-refractivity contribution in [3.05, 3.63) is 53.6 Å². The van der Waals surface area contributed by atoms with Crippen LogP contribution in [0.2, 0.25) is 0 Å². The van der Waals surface area contributed by atoms with Crippen molar-refractivity contribution in [2.24, 2.45) is 0 Å². The SMILES string of the molecule is Cc1cc(C)cc(N(C)S(=O)(=O)c2ccc(O)cc2)c1. The highest BCUT2D eigenvalue weighted by molar-refractivity contribution is 7.92. The molecule has 106 valence electrons. The number of sulfonamides is 1. The molecule has 0 aliphatic carbocycles. The van der Waals surface area contributed by atoms with E-state index in [9.17, 15) is 13.5 Å². The fraction of sp³-hybridized carbons (Fsp3) is 0.200. The number of benzene rings is 2. The van der Waals surface area contributed by atoms with E-state index in [-0.39, 0.29) is 10.6 Å². The zero-order valence-electron chi connectivity index (χ0n) is 11.7. The highest BCUT2D eigenvalue weighted by Crippen LogP contribution is 2.25. The van der Waals surface area contributed by atoms with Crippen molar-refractivity contribution in [3.63, 3.8) is 0 Å². The molecule has 0 fully saturated rings. The van der Waals surface area contributed by atoms with Crippen LogP contribution in [-0.4, -0.2) is 20.6 Å². The molecule has 20 heavy (non-hydrogen) atoms. The van der Waals surface area contributed by atoms with Crippen molar-refractivity contribution in [2.45, 2.75) is 18.7 Å². The van der Waals surface area contributed by atoms with Gasteiger partial charge in [-0.25, -0.2) is 8.42 Å². The molecule has 0 aliphatic heterocycles. The maximum absolute atomic E-state index is 12.5. The third kappa shape index (κ3) is 2.77. The van der Waals surface area contributed by atoms with Crippen LogP contribution in [-0.2, 0) is 10.0 Å². The van der Waals surface area contributed by atoms with E-state index >= 15 is 0 Å². The largest absolute Gasteiger partial charge is 0.508 e. The Bertz CT molecular complexity index is 701. The number of rotatable bonds is 3. The lowest BCUT2D eigenvalue weighted by atomic mass is 10.1. The van der Waals surface area contributed by atoms with Crippen LogP contribution in [0.3, 0.4) is 0 Å². The summed E-state index contributed by atoms with van der Waals surface area (Å²) in [6.45, 7) is 3.86. The summed E-state index contributed by atoms with van der Waals surface area (Å²) < 4.78 is 26.3. The highest BCUT2D eigenvalue weighted by Gasteiger charge is 2.21. The number of aryl methyl sites for hydroxylation is 2. The second-order valence-electron chi connectivity index (χ2n) is 4.81. The van der Waals surface area contributed by atoms with Gasteiger partial charge in [0, 0.05) is 7.05 Å². The third-order valence-corrected chi connectivity index (χ3v) is 4.86. The molecule has 0 saturated carbocycles. The first kappa shape index (κ1) is 14.4. The summed E-state index contributed by atoms with van der Waals surface area (Å²) in [4.78, 5) is 0.150. The van der Waals surface area contributed by atoms with E-state index in [1.807, 2.05) is 32.0 Å². The molecule has 0 aromatic heterocycles. The van der Waals surface area contributed by atoms with Crippen molar-refractivity contribution in [1.29, 1.82) is 0 Å². The Morgan fingerprint density at radius 2 is 1.45 bits per heavy atom. The first-order valence-corrected chi connectivity index (χ1v) is 7.61. The summed E-state index contributed by atoms with van der Waals surface area (Å²) in [6.07, 6.45) is 0. The van der Waals surface area contributed by atoms with Gasteiger partial charge < -0.3 is 5.11 Å². The van der Waals surface area contributed by atoms with Crippen LogP contribution in [0.1, 0.15) is 11.1 Å². The Hall–Kier alpha value is -2.01. The van der Waals surface area contributed by atoms with Gasteiger partial charge in [-0.05, 0) is 61.4 Å². The number of anilines is 1. The zero-order chi connectivity index (χ0) is 14.9. The van der Waals surface area contributed by atoms with Gasteiger partial charge in [0.25, 0.3) is 10.0 Å². The van der Waals surface area contributed by atoms with Crippen molar-refractivity contribution in [3.8, 4) is 5.75 Å². The fourth-order valence-corrected chi connectivity index (χ4v) is 3.23. The van der Waals surface area contributed by atoms with Crippen LogP contribution < -0.4 is 4.31 Å². The summed E-state index contributed by atoms with van der Waals surface area (Å²) >= 11 is 0. The van der Waals surface area contributed by atoms with E-state index in [0.29, 0.717) is 5.69 Å². The van der Waals surface area contributed by atoms with Gasteiger partial charge in [-0.2, -0.15) is 0 Å². The van der Waals surface area contributed by atoms with E-state index in [2.05, 4.69) is 0 Å². The lowest BCUT2D eigenvalue weighted by molar-refractivity contribution is 0.475. The van der Waals surface area contributed by atoms with E-state index in [1.165, 1.54) is 35.6 Å². The Kier molecular flexibility index (Phi) is 3.72. The van der Waals surface area contributed by atoms with E-state index in [0.717, 1.165) is 11.1 Å². The quantitative estimate of drug-likeness (QED) is 0.946. The molecule has 0 unspecified atom stereocenters. The molecule has 0 amide bonds. The average molecular weight is 291 g/mol. The number of hydrogen-bond acceptors (Lipinski definition) is 3. The second-order valence-corrected chi connectivity index (χ2v) is 6.78. The van der Waals surface area contributed by atoms with Crippen LogP contribution in [0.15, 0.2) is 47.4 Å². The van der Waals surface area contributed by atoms with Crippen molar-refractivity contribution >= 4 is 15.7 Å². The molecule has 2 aromatic rings. The molecule has 2 rings (SSSR count). The molecular weight excluding hydrogens is 274 g/mol. The smallest absolute Gasteiger partial charge is 0.264 e. The molecule has 0 bridgehead atoms. The molecule has 1 N–H and O–H groups in total. The Morgan fingerprint density at radius 1 is 0.950 bits per heavy atom. The van der Waals surface area contributed by atoms with Gasteiger partial charge >= 0.3 is 0 Å². The minimum atomic E-state index is -3.62. The summed E-state index contributed by atoms with van der Waals surface area (Å²) in [5, 5.41) is 9.24. The summed E-state index contributed by atoms with van der Waals surface area (Å²) in [7, 11) is -2.10. The summed E-state index contributed by atoms with van der Waals surface area (Å²) in [5.74, 6) is 0.0398. The normalized spacial score (nSPS) is 11.3. The molecule has 0 heterocycles. The van der Waals surface area contributed by atoms with E-state index in [4.69, 9.17) is 0 Å². The molecule has 0 radical (unpaired) electrons. The Labute approximate surface area is 119 Å². The molecule has 0 spiro atoms. The van der Waals surface area contributed by atoms with E-state index < -0.39 is 10.0 Å². The molecule has 0 aliphatic rings. The molecule has 2 aromatic carbocycles. The zero-order valence-corrected chi connectivity index (χ0v) is 12.5. The van der Waals surface area contributed by atoms with Gasteiger partial charge in [-0.15, -0.1) is 0 Å². The van der Waals surface area contributed by atoms with Crippen LogP contribution in [0, 0.1) is 13.8 Å². The topological polar surface area (TPSA) is 57.6 Å². The number of phenols is 1. The first-order valence-electron chi connectivity index (χ1n) is 6.17. The second kappa shape index (κ2) is 5.17. The van der Waals surface area contributed by atoms with Gasteiger partial charge in [0.2, 0.25) is 0 Å². The van der Waals surface area contributed by atoms with Gasteiger partial charge in [-0.1, -0.05) is 6.07 Å². The minimum Gasteiger partial charge on any atom is -0.508 e. The number of phenolic OH excluding ortho intramolecular Hbond substituents is 1. The highest BCUT2D eigenvalue weighted by atomic mass is 32.2. The lowest BCUT2D eigenvalue weighted by Crippen LogP contribution is -2.26. The first-order chi connectivity index (χ1) is 9.30. The summed E-state index contributed by atoms with van der Waals surface area (Å²) in [6, 6.07) is 11.2. The average Bonchev–Trinajstić information content (AvgIpc) is 2.37. The standard InChI is InChI=1S/C15H17NO3S/c1-11-8-12(2)10-13(9-11)16(3)20(18,19)15-6-4-14(17)5-7-15/h4-10,17H,1-3H3. The van der Waals surface area contributed by atoms with Crippen LogP contribution in [0.4, 0.5) is 5.69 Å². The maximum Gasteiger partial charge on any atom is 0.264 e. The summed E-state index contributed by atoms with van der Waals surface area (Å²) in [5.41, 5.74) is 2.64. The van der Waals surface area contributed by atoms with Crippen molar-refractivity contribution < 1.29 is 13.5 Å². The molecule has 0 saturated heterocycles. The Morgan fingerprint density at radius 3 is 1.95 bits per heavy atom. The predicted molar refractivity (Wildman–Crippen MR) is 79.6 cm³/mol. The van der Waals surface area contributed by atoms with Crippen LogP contribution >= 0.6 is 0 Å². The number of aromatic hydroxyl groups is 1. The predicted octanol–water partition coefficient (Wildman–Crippen LogP) is 2.83. The molecule has 4 nitrogen and oxygen atoms in total. The number of hydrogen-bond donors (Lipinski definition) is 1. The van der Waals surface area contributed by atoms with Gasteiger partial charge in [-0.3, -0.25) is 4.31 Å². The molecular formula is C15H17NO3S. The van der Waals surface area contributed by atoms with Gasteiger partial charge in [0.1, 0.15) is 5.75 Å². The van der Waals surface area contributed by atoms with Crippen molar-refractivity contribution in [2.75, 3.05) is 11.4 Å².